The first kappa shape index (κ1) is 36.4. The number of aliphatic hydroxyl groups is 1. The number of halogens is 21. The van der Waals surface area contributed by atoms with Crippen LogP contribution in [0.1, 0.15) is 1.43 Å². The summed E-state index contributed by atoms with van der Waals surface area (Å²) in [6.07, 6.45) is -27.7. The van der Waals surface area contributed by atoms with E-state index in [0.717, 1.165) is 0 Å². The molecule has 0 aromatic rings. The molecule has 1 heterocycles. The summed E-state index contributed by atoms with van der Waals surface area (Å²) in [6, 6.07) is 0. The summed E-state index contributed by atoms with van der Waals surface area (Å²) >= 11 is 0. The molecule has 0 aromatic carbocycles. The summed E-state index contributed by atoms with van der Waals surface area (Å²) in [7, 11) is 0. The maximum atomic E-state index is 14.3. The largest absolute Gasteiger partial charge is 1.00 e. The van der Waals surface area contributed by atoms with Crippen molar-refractivity contribution in [1.82, 2.24) is 0 Å². The Kier molecular flexibility index (Phi) is 9.08. The first-order chi connectivity index (χ1) is 15.3. The molecule has 25 heteroatoms. The fraction of sp³-hybridized carbons (Fsp3) is 1.00. The molecule has 1 saturated heterocycles. The fourth-order valence-electron chi connectivity index (χ4n) is 2.31. The minimum atomic E-state index is -8.53. The van der Waals surface area contributed by atoms with Gasteiger partial charge in [-0.1, -0.05) is 0 Å². The van der Waals surface area contributed by atoms with Gasteiger partial charge in [-0.05, 0) is 0 Å². The zero-order valence-corrected chi connectivity index (χ0v) is 18.4. The first-order valence-corrected chi connectivity index (χ1v) is 7.70. The van der Waals surface area contributed by atoms with E-state index >= 15 is 0 Å². The predicted octanol–water partition coefficient (Wildman–Crippen LogP) is 3.03. The van der Waals surface area contributed by atoms with Crippen molar-refractivity contribution in [2.75, 3.05) is 0 Å². The molecule has 1 N–H and O–H groups in total. The van der Waals surface area contributed by atoms with Crippen LogP contribution in [0, 0.1) is 0 Å². The Morgan fingerprint density at radius 3 is 1.14 bits per heavy atom. The van der Waals surface area contributed by atoms with Crippen LogP contribution in [0.5, 0.6) is 0 Å². The van der Waals surface area contributed by atoms with Crippen LogP contribution in [0.15, 0.2) is 0 Å². The van der Waals surface area contributed by atoms with Crippen LogP contribution in [0.3, 0.4) is 0 Å². The van der Waals surface area contributed by atoms with Crippen molar-refractivity contribution < 1.29 is 138 Å². The maximum absolute atomic E-state index is 14.3. The zero-order chi connectivity index (χ0) is 29.6. The summed E-state index contributed by atoms with van der Waals surface area (Å²) < 4.78 is 281. The zero-order valence-electron chi connectivity index (χ0n) is 17.4. The Bertz CT molecular complexity index is 846. The standard InChI is InChI=1S/C12H3F21O3.Na.H/c13-1(14)3(17,18)5(21,22)7(25,26)9(29)12(32,33)36-10(35-9,11(30,31)34)8(27,28)6(23,24)4(19,20)2(15)16;;/h1-2,34H;;/q;+1;-1. The molecule has 218 valence electrons. The summed E-state index contributed by atoms with van der Waals surface area (Å²) in [5, 5.41) is 8.22. The van der Waals surface area contributed by atoms with E-state index in [-0.39, 0.29) is 31.0 Å². The molecular formula is C12H4F21NaO3. The van der Waals surface area contributed by atoms with Gasteiger partial charge < -0.3 is 6.53 Å². The van der Waals surface area contributed by atoms with Gasteiger partial charge in [-0.15, -0.1) is 0 Å². The van der Waals surface area contributed by atoms with Gasteiger partial charge >= 0.3 is 102 Å². The van der Waals surface area contributed by atoms with Gasteiger partial charge in [0.2, 0.25) is 0 Å². The number of ether oxygens (including phenoxy) is 2. The molecule has 0 bridgehead atoms. The third kappa shape index (κ3) is 4.34. The van der Waals surface area contributed by atoms with E-state index in [9.17, 15) is 92.2 Å². The Morgan fingerprint density at radius 2 is 0.865 bits per heavy atom. The Morgan fingerprint density at radius 1 is 0.568 bits per heavy atom. The van der Waals surface area contributed by atoms with Crippen LogP contribution in [-0.4, -0.2) is 77.4 Å². The van der Waals surface area contributed by atoms with E-state index in [4.69, 9.17) is 5.11 Å². The summed E-state index contributed by atoms with van der Waals surface area (Å²) in [5.41, 5.74) is 0. The van der Waals surface area contributed by atoms with E-state index < -0.39 is 72.2 Å². The monoisotopic (exact) mass is 618 g/mol. The molecule has 2 unspecified atom stereocenters. The average molecular weight is 618 g/mol. The summed E-state index contributed by atoms with van der Waals surface area (Å²) in [5.74, 6) is -65.1. The van der Waals surface area contributed by atoms with Gasteiger partial charge in [0.15, 0.2) is 0 Å². The fourth-order valence-corrected chi connectivity index (χ4v) is 2.31. The molecule has 0 aromatic heterocycles. The van der Waals surface area contributed by atoms with E-state index in [1.54, 1.807) is 9.47 Å². The minimum absolute atomic E-state index is 0. The molecule has 1 aliphatic rings. The summed E-state index contributed by atoms with van der Waals surface area (Å²) in [6.45, 7) is 0. The van der Waals surface area contributed by atoms with Crippen molar-refractivity contribution in [2.24, 2.45) is 0 Å². The van der Waals surface area contributed by atoms with E-state index in [1.807, 2.05) is 0 Å². The van der Waals surface area contributed by atoms with Crippen molar-refractivity contribution in [3.63, 3.8) is 0 Å². The maximum Gasteiger partial charge on any atom is 1.00 e. The smallest absolute Gasteiger partial charge is 1.00 e. The molecule has 37 heavy (non-hydrogen) atoms. The Hall–Kier alpha value is -0.590. The van der Waals surface area contributed by atoms with Gasteiger partial charge in [0.25, 0.3) is 0 Å². The molecule has 0 saturated carbocycles. The van der Waals surface area contributed by atoms with Crippen LogP contribution in [0.4, 0.5) is 92.2 Å². The van der Waals surface area contributed by atoms with Gasteiger partial charge in [-0.25, -0.2) is 17.6 Å². The molecule has 0 amide bonds. The van der Waals surface area contributed by atoms with Crippen molar-refractivity contribution in [1.29, 1.82) is 0 Å². The van der Waals surface area contributed by atoms with Gasteiger partial charge in [0.1, 0.15) is 0 Å². The van der Waals surface area contributed by atoms with Crippen LogP contribution >= 0.6 is 0 Å². The normalized spacial score (nSPS) is 26.6. The molecule has 0 spiro atoms. The van der Waals surface area contributed by atoms with Gasteiger partial charge in [-0.3, -0.25) is 9.47 Å². The van der Waals surface area contributed by atoms with Crippen LogP contribution in [0.2, 0.25) is 0 Å². The predicted molar refractivity (Wildman–Crippen MR) is 63.7 cm³/mol. The third-order valence-electron chi connectivity index (χ3n) is 4.32. The second-order valence-corrected chi connectivity index (χ2v) is 6.62. The van der Waals surface area contributed by atoms with Gasteiger partial charge in [-0.2, -0.15) is 74.6 Å². The molecule has 3 nitrogen and oxygen atoms in total. The first-order valence-electron chi connectivity index (χ1n) is 7.70. The number of alkyl halides is 21. The summed E-state index contributed by atoms with van der Waals surface area (Å²) in [4.78, 5) is 0. The molecule has 1 rings (SSSR count). The van der Waals surface area contributed by atoms with Gasteiger partial charge in [0.05, 0.1) is 0 Å². The molecule has 0 aliphatic carbocycles. The van der Waals surface area contributed by atoms with Crippen LogP contribution in [0.25, 0.3) is 0 Å². The SMILES string of the molecule is OC(F)(F)C1(C(F)(F)C(F)(F)C(F)(F)C(F)F)OC(F)(F)C(F)(C(F)(F)C(F)(F)C(F)(F)C(F)F)O1.[H-].[Na+]. The van der Waals surface area contributed by atoms with Crippen molar-refractivity contribution >= 4 is 0 Å². The van der Waals surface area contributed by atoms with Crippen molar-refractivity contribution in [2.45, 2.75) is 72.2 Å². The van der Waals surface area contributed by atoms with Gasteiger partial charge in [0, 0.05) is 0 Å². The van der Waals surface area contributed by atoms with E-state index in [0.29, 0.717) is 0 Å². The topological polar surface area (TPSA) is 38.7 Å². The molecule has 1 aliphatic heterocycles. The van der Waals surface area contributed by atoms with Crippen molar-refractivity contribution in [3.05, 3.63) is 0 Å². The quantitative estimate of drug-likeness (QED) is 0.320. The minimum Gasteiger partial charge on any atom is -1.00 e. The second-order valence-electron chi connectivity index (χ2n) is 6.62. The third-order valence-corrected chi connectivity index (χ3v) is 4.32. The Balaban J connectivity index is 0. The second kappa shape index (κ2) is 9.23. The molecule has 1 fully saturated rings. The number of rotatable bonds is 9. The van der Waals surface area contributed by atoms with Crippen LogP contribution in [-0.2, 0) is 9.47 Å². The number of hydrogen-bond donors (Lipinski definition) is 1. The molecule has 2 atom stereocenters. The number of hydrogen-bond acceptors (Lipinski definition) is 3. The van der Waals surface area contributed by atoms with Crippen LogP contribution < -0.4 is 29.6 Å². The average Bonchev–Trinajstić information content (AvgIpc) is 2.89. The van der Waals surface area contributed by atoms with E-state index in [1.165, 1.54) is 0 Å². The van der Waals surface area contributed by atoms with Crippen molar-refractivity contribution in [3.8, 4) is 0 Å². The molecule has 0 radical (unpaired) electrons. The Labute approximate surface area is 210 Å². The molecular weight excluding hydrogens is 614 g/mol. The van der Waals surface area contributed by atoms with E-state index in [2.05, 4.69) is 0 Å².